The van der Waals surface area contributed by atoms with E-state index in [1.807, 2.05) is 0 Å². The maximum Gasteiger partial charge on any atom is 0.0601 e. The van der Waals surface area contributed by atoms with Crippen LogP contribution in [0, 0.1) is 5.92 Å². The molecular weight excluding hydrogens is 204 g/mol. The van der Waals surface area contributed by atoms with Gasteiger partial charge in [0.15, 0.2) is 0 Å². The fraction of sp³-hybridized carbons (Fsp3) is 1.00. The molecule has 0 aromatic carbocycles. The molecule has 0 amide bonds. The molecule has 0 saturated carbocycles. The van der Waals surface area contributed by atoms with Gasteiger partial charge in [-0.2, -0.15) is 0 Å². The number of ether oxygens (including phenoxy) is 1. The van der Waals surface area contributed by atoms with Gasteiger partial charge in [0.05, 0.1) is 13.2 Å². The summed E-state index contributed by atoms with van der Waals surface area (Å²) in [4.78, 5) is 2.28. The average molecular weight is 230 g/mol. The van der Waals surface area contributed by atoms with Crippen molar-refractivity contribution in [2.75, 3.05) is 32.9 Å². The first-order chi connectivity index (χ1) is 7.65. The van der Waals surface area contributed by atoms with Crippen LogP contribution in [0.2, 0.25) is 0 Å². The Bertz CT molecular complexity index is 180. The molecule has 0 spiro atoms. The molecule has 1 fully saturated rings. The van der Waals surface area contributed by atoms with E-state index in [0.29, 0.717) is 5.92 Å². The molecular formula is C12H26N2O2. The minimum absolute atomic E-state index is 0.0584. The molecule has 0 aliphatic carbocycles. The lowest BCUT2D eigenvalue weighted by atomic mass is 9.97. The molecule has 4 heteroatoms. The minimum atomic E-state index is 0.0584. The van der Waals surface area contributed by atoms with Gasteiger partial charge in [-0.15, -0.1) is 0 Å². The van der Waals surface area contributed by atoms with E-state index in [1.165, 1.54) is 0 Å². The number of nitrogens with two attached hydrogens (primary N) is 1. The summed E-state index contributed by atoms with van der Waals surface area (Å²) in [5, 5.41) is 9.49. The predicted octanol–water partition coefficient (Wildman–Crippen LogP) is 0.443. The Kier molecular flexibility index (Phi) is 6.28. The molecule has 0 bridgehead atoms. The Hall–Kier alpha value is -0.160. The van der Waals surface area contributed by atoms with E-state index in [9.17, 15) is 5.11 Å². The SMILES string of the molecule is CC(C)CC(N)C(CO)N1CCCOCC1. The van der Waals surface area contributed by atoms with Gasteiger partial charge < -0.3 is 15.6 Å². The number of hydrogen-bond acceptors (Lipinski definition) is 4. The zero-order valence-electron chi connectivity index (χ0n) is 10.6. The maximum absolute atomic E-state index is 9.49. The van der Waals surface area contributed by atoms with Crippen LogP contribution in [-0.2, 0) is 4.74 Å². The number of aliphatic hydroxyl groups excluding tert-OH is 1. The quantitative estimate of drug-likeness (QED) is 0.719. The summed E-state index contributed by atoms with van der Waals surface area (Å²) < 4.78 is 5.42. The molecule has 4 nitrogen and oxygen atoms in total. The number of rotatable bonds is 5. The molecule has 1 saturated heterocycles. The van der Waals surface area contributed by atoms with Gasteiger partial charge >= 0.3 is 0 Å². The summed E-state index contributed by atoms with van der Waals surface area (Å²) in [6.45, 7) is 7.93. The van der Waals surface area contributed by atoms with Crippen molar-refractivity contribution in [2.45, 2.75) is 38.8 Å². The van der Waals surface area contributed by atoms with Crippen LogP contribution in [0.15, 0.2) is 0 Å². The van der Waals surface area contributed by atoms with Crippen LogP contribution in [0.1, 0.15) is 26.7 Å². The van der Waals surface area contributed by atoms with E-state index in [-0.39, 0.29) is 18.7 Å². The van der Waals surface area contributed by atoms with Crippen LogP contribution in [0.25, 0.3) is 0 Å². The van der Waals surface area contributed by atoms with E-state index >= 15 is 0 Å². The van der Waals surface area contributed by atoms with Crippen molar-refractivity contribution >= 4 is 0 Å². The van der Waals surface area contributed by atoms with Gasteiger partial charge in [-0.25, -0.2) is 0 Å². The highest BCUT2D eigenvalue weighted by molar-refractivity contribution is 4.83. The van der Waals surface area contributed by atoms with Gasteiger partial charge in [-0.3, -0.25) is 4.90 Å². The van der Waals surface area contributed by atoms with Crippen molar-refractivity contribution < 1.29 is 9.84 Å². The second kappa shape index (κ2) is 7.22. The summed E-state index contributed by atoms with van der Waals surface area (Å²) in [5.74, 6) is 0.576. The van der Waals surface area contributed by atoms with Crippen molar-refractivity contribution in [3.63, 3.8) is 0 Å². The third-order valence-electron chi connectivity index (χ3n) is 3.15. The highest BCUT2D eigenvalue weighted by Gasteiger charge is 2.25. The number of nitrogens with zero attached hydrogens (tertiary/aromatic N) is 1. The van der Waals surface area contributed by atoms with Gasteiger partial charge in [0, 0.05) is 31.8 Å². The second-order valence-electron chi connectivity index (χ2n) is 5.05. The van der Waals surface area contributed by atoms with Gasteiger partial charge in [-0.1, -0.05) is 13.8 Å². The Morgan fingerprint density at radius 3 is 2.69 bits per heavy atom. The first-order valence-electron chi connectivity index (χ1n) is 6.33. The Morgan fingerprint density at radius 2 is 2.06 bits per heavy atom. The molecule has 0 radical (unpaired) electrons. The Balaban J connectivity index is 2.49. The van der Waals surface area contributed by atoms with E-state index in [1.54, 1.807) is 0 Å². The number of aliphatic hydroxyl groups is 1. The maximum atomic E-state index is 9.49. The van der Waals surface area contributed by atoms with E-state index in [0.717, 1.165) is 39.1 Å². The van der Waals surface area contributed by atoms with Gasteiger partial charge in [0.2, 0.25) is 0 Å². The summed E-state index contributed by atoms with van der Waals surface area (Å²) in [5.41, 5.74) is 6.17. The molecule has 16 heavy (non-hydrogen) atoms. The highest BCUT2D eigenvalue weighted by Crippen LogP contribution is 2.13. The molecule has 0 aromatic heterocycles. The summed E-state index contributed by atoms with van der Waals surface area (Å²) in [7, 11) is 0. The van der Waals surface area contributed by atoms with E-state index in [2.05, 4.69) is 18.7 Å². The predicted molar refractivity (Wildman–Crippen MR) is 65.3 cm³/mol. The molecule has 1 heterocycles. The average Bonchev–Trinajstić information content (AvgIpc) is 2.46. The largest absolute Gasteiger partial charge is 0.395 e. The molecule has 3 N–H and O–H groups in total. The minimum Gasteiger partial charge on any atom is -0.395 e. The smallest absolute Gasteiger partial charge is 0.0601 e. The van der Waals surface area contributed by atoms with E-state index < -0.39 is 0 Å². The molecule has 2 atom stereocenters. The molecule has 2 unspecified atom stereocenters. The van der Waals surface area contributed by atoms with Crippen LogP contribution in [0.3, 0.4) is 0 Å². The van der Waals surface area contributed by atoms with Crippen LogP contribution in [0.5, 0.6) is 0 Å². The van der Waals surface area contributed by atoms with Crippen LogP contribution in [0.4, 0.5) is 0 Å². The summed E-state index contributed by atoms with van der Waals surface area (Å²) >= 11 is 0. The van der Waals surface area contributed by atoms with Crippen LogP contribution >= 0.6 is 0 Å². The lowest BCUT2D eigenvalue weighted by Crippen LogP contribution is -2.51. The lowest BCUT2D eigenvalue weighted by molar-refractivity contribution is 0.0884. The molecule has 1 rings (SSSR count). The topological polar surface area (TPSA) is 58.7 Å². The van der Waals surface area contributed by atoms with Crippen molar-refractivity contribution in [3.05, 3.63) is 0 Å². The first-order valence-corrected chi connectivity index (χ1v) is 6.33. The van der Waals surface area contributed by atoms with Crippen molar-refractivity contribution in [1.82, 2.24) is 4.90 Å². The Labute approximate surface area is 98.8 Å². The zero-order chi connectivity index (χ0) is 12.0. The van der Waals surface area contributed by atoms with Gasteiger partial charge in [-0.05, 0) is 18.8 Å². The van der Waals surface area contributed by atoms with Crippen LogP contribution in [-0.4, -0.2) is 55.0 Å². The standard InChI is InChI=1S/C12H26N2O2/c1-10(2)8-11(13)12(9-15)14-4-3-6-16-7-5-14/h10-12,15H,3-9,13H2,1-2H3. The van der Waals surface area contributed by atoms with Crippen molar-refractivity contribution in [3.8, 4) is 0 Å². The third-order valence-corrected chi connectivity index (χ3v) is 3.15. The monoisotopic (exact) mass is 230 g/mol. The second-order valence-corrected chi connectivity index (χ2v) is 5.05. The Morgan fingerprint density at radius 1 is 1.31 bits per heavy atom. The molecule has 96 valence electrons. The van der Waals surface area contributed by atoms with Gasteiger partial charge in [0.25, 0.3) is 0 Å². The highest BCUT2D eigenvalue weighted by atomic mass is 16.5. The van der Waals surface area contributed by atoms with Gasteiger partial charge in [0.1, 0.15) is 0 Å². The van der Waals surface area contributed by atoms with Crippen LogP contribution < -0.4 is 5.73 Å². The fourth-order valence-corrected chi connectivity index (χ4v) is 2.32. The molecule has 1 aliphatic heterocycles. The number of hydrogen-bond donors (Lipinski definition) is 2. The first kappa shape index (κ1) is 13.9. The summed E-state index contributed by atoms with van der Waals surface area (Å²) in [6.07, 6.45) is 1.99. The molecule has 0 aromatic rings. The zero-order valence-corrected chi connectivity index (χ0v) is 10.6. The fourth-order valence-electron chi connectivity index (χ4n) is 2.32. The third kappa shape index (κ3) is 4.37. The van der Waals surface area contributed by atoms with Crippen molar-refractivity contribution in [2.24, 2.45) is 11.7 Å². The van der Waals surface area contributed by atoms with E-state index in [4.69, 9.17) is 10.5 Å². The summed E-state index contributed by atoms with van der Waals surface area (Å²) in [6, 6.07) is 0.146. The van der Waals surface area contributed by atoms with Crippen molar-refractivity contribution in [1.29, 1.82) is 0 Å². The normalized spacial score (nSPS) is 23.1. The molecule has 1 aliphatic rings. The lowest BCUT2D eigenvalue weighted by Gasteiger charge is -2.33.